The van der Waals surface area contributed by atoms with E-state index in [0.29, 0.717) is 11.2 Å². The molecule has 2 aromatic carbocycles. The monoisotopic (exact) mass is 360 g/mol. The Balaban J connectivity index is 2.09. The lowest BCUT2D eigenvalue weighted by Gasteiger charge is -2.13. The van der Waals surface area contributed by atoms with Gasteiger partial charge in [-0.3, -0.25) is 15.6 Å². The molecule has 0 saturated heterocycles. The van der Waals surface area contributed by atoms with Crippen LogP contribution in [0, 0.1) is 6.92 Å². The van der Waals surface area contributed by atoms with Crippen molar-refractivity contribution < 1.29 is 4.79 Å². The Bertz CT molecular complexity index is 923. The highest BCUT2D eigenvalue weighted by atomic mass is 35.5. The number of nitrogens with two attached hydrogens (primary N) is 1. The van der Waals surface area contributed by atoms with Gasteiger partial charge in [-0.05, 0) is 42.8 Å². The molecule has 0 saturated carbocycles. The van der Waals surface area contributed by atoms with Crippen molar-refractivity contribution in [2.75, 3.05) is 10.7 Å². The van der Waals surface area contributed by atoms with Crippen molar-refractivity contribution in [1.29, 1.82) is 0 Å². The number of rotatable bonds is 3. The van der Waals surface area contributed by atoms with Gasteiger partial charge in [0.15, 0.2) is 0 Å². The molecular weight excluding hydrogens is 347 g/mol. The fourth-order valence-electron chi connectivity index (χ4n) is 2.52. The standard InChI is InChI=1S/C17H14Cl2N4O/c1-9-7-10-13(23-20)5-6-21-16(10)14(8-9)22-17(24)15-11(18)3-2-4-12(15)19/h2-8H,20H2,1H3,(H,21,23)(H,22,24). The van der Waals surface area contributed by atoms with E-state index in [1.165, 1.54) is 0 Å². The summed E-state index contributed by atoms with van der Waals surface area (Å²) in [6.07, 6.45) is 1.62. The van der Waals surface area contributed by atoms with Crippen molar-refractivity contribution >= 4 is 51.4 Å². The normalized spacial score (nSPS) is 10.7. The second kappa shape index (κ2) is 6.65. The fraction of sp³-hybridized carbons (Fsp3) is 0.0588. The van der Waals surface area contributed by atoms with Crippen molar-refractivity contribution in [2.24, 2.45) is 5.84 Å². The number of hydrazine groups is 1. The third-order valence-corrected chi connectivity index (χ3v) is 4.21. The number of hydrogen-bond donors (Lipinski definition) is 3. The van der Waals surface area contributed by atoms with Crippen molar-refractivity contribution in [1.82, 2.24) is 4.98 Å². The number of nitrogens with one attached hydrogen (secondary N) is 2. The second-order valence-electron chi connectivity index (χ2n) is 5.26. The number of anilines is 2. The van der Waals surface area contributed by atoms with Gasteiger partial charge in [-0.2, -0.15) is 0 Å². The summed E-state index contributed by atoms with van der Waals surface area (Å²) >= 11 is 12.2. The van der Waals surface area contributed by atoms with E-state index in [-0.39, 0.29) is 15.6 Å². The van der Waals surface area contributed by atoms with Crippen LogP contribution in [-0.2, 0) is 0 Å². The SMILES string of the molecule is Cc1cc(NC(=O)c2c(Cl)cccc2Cl)c2nccc(NN)c2c1. The molecule has 0 atom stereocenters. The Morgan fingerprint density at radius 1 is 1.12 bits per heavy atom. The van der Waals surface area contributed by atoms with Gasteiger partial charge >= 0.3 is 0 Å². The molecule has 3 aromatic rings. The lowest BCUT2D eigenvalue weighted by atomic mass is 10.1. The first kappa shape index (κ1) is 16.5. The first-order chi connectivity index (χ1) is 11.5. The van der Waals surface area contributed by atoms with Crippen LogP contribution in [0.25, 0.3) is 10.9 Å². The van der Waals surface area contributed by atoms with Crippen molar-refractivity contribution in [3.63, 3.8) is 0 Å². The van der Waals surface area contributed by atoms with Gasteiger partial charge in [0.25, 0.3) is 5.91 Å². The minimum absolute atomic E-state index is 0.226. The summed E-state index contributed by atoms with van der Waals surface area (Å²) < 4.78 is 0. The van der Waals surface area contributed by atoms with E-state index in [1.54, 1.807) is 30.5 Å². The molecular formula is C17H14Cl2N4O. The van der Waals surface area contributed by atoms with Crippen LogP contribution in [0.3, 0.4) is 0 Å². The third-order valence-electron chi connectivity index (χ3n) is 3.58. The number of benzene rings is 2. The lowest BCUT2D eigenvalue weighted by molar-refractivity contribution is 0.102. The number of amides is 1. The molecule has 1 amide bonds. The maximum absolute atomic E-state index is 12.6. The molecule has 0 bridgehead atoms. The van der Waals surface area contributed by atoms with Gasteiger partial charge in [0.2, 0.25) is 0 Å². The molecule has 0 aliphatic rings. The first-order valence-corrected chi connectivity index (χ1v) is 7.88. The van der Waals surface area contributed by atoms with Crippen molar-refractivity contribution in [2.45, 2.75) is 6.92 Å². The molecule has 3 rings (SSSR count). The van der Waals surface area contributed by atoms with E-state index in [9.17, 15) is 4.79 Å². The lowest BCUT2D eigenvalue weighted by Crippen LogP contribution is -2.14. The van der Waals surface area contributed by atoms with Gasteiger partial charge in [0.1, 0.15) is 0 Å². The Hall–Kier alpha value is -2.34. The molecule has 4 N–H and O–H groups in total. The second-order valence-corrected chi connectivity index (χ2v) is 6.08. The smallest absolute Gasteiger partial charge is 0.258 e. The average molecular weight is 361 g/mol. The molecule has 5 nitrogen and oxygen atoms in total. The molecule has 122 valence electrons. The summed E-state index contributed by atoms with van der Waals surface area (Å²) in [4.78, 5) is 17.0. The van der Waals surface area contributed by atoms with Gasteiger partial charge in [-0.1, -0.05) is 29.3 Å². The number of carbonyl (C=O) groups is 1. The van der Waals surface area contributed by atoms with Crippen LogP contribution >= 0.6 is 23.2 Å². The van der Waals surface area contributed by atoms with Crippen molar-refractivity contribution in [3.05, 3.63) is 63.8 Å². The van der Waals surface area contributed by atoms with E-state index in [2.05, 4.69) is 15.7 Å². The predicted molar refractivity (Wildman–Crippen MR) is 98.7 cm³/mol. The summed E-state index contributed by atoms with van der Waals surface area (Å²) in [6, 6.07) is 10.5. The quantitative estimate of drug-likeness (QED) is 0.478. The van der Waals surface area contributed by atoms with E-state index in [0.717, 1.165) is 16.6 Å². The topological polar surface area (TPSA) is 80.0 Å². The molecule has 7 heteroatoms. The summed E-state index contributed by atoms with van der Waals surface area (Å²) in [5, 5.41) is 4.21. The first-order valence-electron chi connectivity index (χ1n) is 7.12. The molecule has 0 fully saturated rings. The Morgan fingerprint density at radius 2 is 1.83 bits per heavy atom. The molecule has 1 aromatic heterocycles. The third kappa shape index (κ3) is 3.01. The van der Waals surface area contributed by atoms with Crippen LogP contribution in [0.2, 0.25) is 10.0 Å². The maximum Gasteiger partial charge on any atom is 0.258 e. The van der Waals surface area contributed by atoms with E-state index >= 15 is 0 Å². The molecule has 0 unspecified atom stereocenters. The zero-order chi connectivity index (χ0) is 17.3. The number of hydrogen-bond acceptors (Lipinski definition) is 4. The molecule has 0 spiro atoms. The van der Waals surface area contributed by atoms with Gasteiger partial charge in [0, 0.05) is 11.6 Å². The van der Waals surface area contributed by atoms with Crippen LogP contribution in [0.5, 0.6) is 0 Å². The highest BCUT2D eigenvalue weighted by Gasteiger charge is 2.17. The van der Waals surface area contributed by atoms with E-state index in [4.69, 9.17) is 29.0 Å². The zero-order valence-corrected chi connectivity index (χ0v) is 14.2. The zero-order valence-electron chi connectivity index (χ0n) is 12.7. The van der Waals surface area contributed by atoms with Gasteiger partial charge in [0.05, 0.1) is 32.5 Å². The highest BCUT2D eigenvalue weighted by Crippen LogP contribution is 2.30. The summed E-state index contributed by atoms with van der Waals surface area (Å²) in [7, 11) is 0. The molecule has 0 aliphatic carbocycles. The summed E-state index contributed by atoms with van der Waals surface area (Å²) in [5.74, 6) is 5.15. The minimum atomic E-state index is -0.398. The molecule has 1 heterocycles. The maximum atomic E-state index is 12.6. The molecule has 0 radical (unpaired) electrons. The van der Waals surface area contributed by atoms with Gasteiger partial charge in [-0.15, -0.1) is 0 Å². The van der Waals surface area contributed by atoms with Crippen LogP contribution in [0.15, 0.2) is 42.6 Å². The van der Waals surface area contributed by atoms with Crippen LogP contribution < -0.4 is 16.6 Å². The number of carbonyl (C=O) groups excluding carboxylic acids is 1. The Kier molecular flexibility index (Phi) is 4.57. The number of pyridine rings is 1. The van der Waals surface area contributed by atoms with Crippen LogP contribution in [-0.4, -0.2) is 10.9 Å². The Morgan fingerprint density at radius 3 is 2.50 bits per heavy atom. The Labute approximate surface area is 148 Å². The average Bonchev–Trinajstić information content (AvgIpc) is 2.54. The number of nitrogen functional groups attached to an aromatic ring is 1. The number of nitrogens with zero attached hydrogens (tertiary/aromatic N) is 1. The molecule has 0 aliphatic heterocycles. The number of fused-ring (bicyclic) bond motifs is 1. The number of aromatic nitrogens is 1. The van der Waals surface area contributed by atoms with Gasteiger partial charge in [-0.25, -0.2) is 0 Å². The van der Waals surface area contributed by atoms with E-state index in [1.807, 2.05) is 19.1 Å². The fourth-order valence-corrected chi connectivity index (χ4v) is 3.09. The number of halogens is 2. The molecule has 24 heavy (non-hydrogen) atoms. The minimum Gasteiger partial charge on any atom is -0.323 e. The summed E-state index contributed by atoms with van der Waals surface area (Å²) in [5.41, 5.74) is 5.70. The number of aryl methyl sites for hydroxylation is 1. The van der Waals surface area contributed by atoms with Gasteiger partial charge < -0.3 is 10.7 Å². The van der Waals surface area contributed by atoms with Crippen LogP contribution in [0.1, 0.15) is 15.9 Å². The predicted octanol–water partition coefficient (Wildman–Crippen LogP) is 4.39. The highest BCUT2D eigenvalue weighted by molar-refractivity contribution is 6.40. The summed E-state index contributed by atoms with van der Waals surface area (Å²) in [6.45, 7) is 1.92. The van der Waals surface area contributed by atoms with E-state index < -0.39 is 5.91 Å². The largest absolute Gasteiger partial charge is 0.323 e. The van der Waals surface area contributed by atoms with Crippen molar-refractivity contribution in [3.8, 4) is 0 Å². The van der Waals surface area contributed by atoms with Crippen LogP contribution in [0.4, 0.5) is 11.4 Å².